The van der Waals surface area contributed by atoms with Gasteiger partial charge in [0.05, 0.1) is 0 Å². The van der Waals surface area contributed by atoms with Crippen molar-refractivity contribution < 1.29 is 0 Å². The van der Waals surface area contributed by atoms with Crippen molar-refractivity contribution in [3.05, 3.63) is 22.3 Å². The number of hydrogen-bond donors (Lipinski definition) is 1. The van der Waals surface area contributed by atoms with Crippen LogP contribution in [-0.4, -0.2) is 9.97 Å². The van der Waals surface area contributed by atoms with Gasteiger partial charge < -0.3 is 4.98 Å². The van der Waals surface area contributed by atoms with E-state index in [1.165, 1.54) is 0 Å². The summed E-state index contributed by atoms with van der Waals surface area (Å²) in [6.07, 6.45) is 1.60. The number of azide groups is 1. The topological polar surface area (TPSA) is 77.4 Å². The van der Waals surface area contributed by atoms with E-state index in [1.807, 2.05) is 6.92 Å². The highest BCUT2D eigenvalue weighted by molar-refractivity contribution is 5.16. The minimum Gasteiger partial charge on any atom is -0.341 e. The fraction of sp³-hybridized carbons (Fsp3) is 0.250. The zero-order valence-electron chi connectivity index (χ0n) is 4.87. The van der Waals surface area contributed by atoms with Crippen molar-refractivity contribution in [1.82, 2.24) is 9.97 Å². The molecular formula is C4H5N5. The molecule has 0 saturated heterocycles. The smallest absolute Gasteiger partial charge is 0.194 e. The lowest BCUT2D eigenvalue weighted by atomic mass is 10.6. The van der Waals surface area contributed by atoms with Crippen LogP contribution in [0.25, 0.3) is 10.4 Å². The van der Waals surface area contributed by atoms with E-state index in [1.54, 1.807) is 6.20 Å². The number of aromatic amines is 1. The van der Waals surface area contributed by atoms with Gasteiger partial charge in [0.15, 0.2) is 5.95 Å². The van der Waals surface area contributed by atoms with E-state index in [2.05, 4.69) is 20.0 Å². The van der Waals surface area contributed by atoms with E-state index in [-0.39, 0.29) is 0 Å². The summed E-state index contributed by atoms with van der Waals surface area (Å²) in [7, 11) is 0. The predicted molar refractivity (Wildman–Crippen MR) is 32.1 cm³/mol. The molecule has 1 heterocycles. The average molecular weight is 123 g/mol. The maximum Gasteiger partial charge on any atom is 0.194 e. The van der Waals surface area contributed by atoms with Crippen molar-refractivity contribution in [3.8, 4) is 0 Å². The minimum absolute atomic E-state index is 0.315. The molecule has 5 nitrogen and oxygen atoms in total. The van der Waals surface area contributed by atoms with Gasteiger partial charge in [0, 0.05) is 16.8 Å². The van der Waals surface area contributed by atoms with Gasteiger partial charge in [0.25, 0.3) is 0 Å². The summed E-state index contributed by atoms with van der Waals surface area (Å²) in [5.41, 5.74) is 8.81. The van der Waals surface area contributed by atoms with Crippen LogP contribution in [0.5, 0.6) is 0 Å². The van der Waals surface area contributed by atoms with Crippen LogP contribution in [0.3, 0.4) is 0 Å². The maximum absolute atomic E-state index is 7.93. The molecule has 0 aliphatic carbocycles. The molecule has 0 spiro atoms. The third-order valence-electron chi connectivity index (χ3n) is 0.829. The van der Waals surface area contributed by atoms with Gasteiger partial charge in [-0.2, -0.15) is 0 Å². The summed E-state index contributed by atoms with van der Waals surface area (Å²) in [4.78, 5) is 9.03. The summed E-state index contributed by atoms with van der Waals surface area (Å²) >= 11 is 0. The molecule has 0 atom stereocenters. The van der Waals surface area contributed by atoms with Gasteiger partial charge in [-0.25, -0.2) is 4.98 Å². The monoisotopic (exact) mass is 123 g/mol. The molecule has 5 heteroatoms. The highest BCUT2D eigenvalue weighted by atomic mass is 15.2. The molecule has 0 amide bonds. The largest absolute Gasteiger partial charge is 0.341 e. The van der Waals surface area contributed by atoms with Gasteiger partial charge in [-0.05, 0) is 17.6 Å². The standard InChI is InChI=1S/C4H5N5/c1-3-2-6-4(7-3)8-9-5/h2H,1H3,(H,6,7). The molecule has 1 aromatic heterocycles. The van der Waals surface area contributed by atoms with Gasteiger partial charge in [-0.1, -0.05) is 0 Å². The molecular weight excluding hydrogens is 118 g/mol. The first kappa shape index (κ1) is 5.65. The Balaban J connectivity index is 2.97. The number of hydrogen-bond acceptors (Lipinski definition) is 2. The lowest BCUT2D eigenvalue weighted by Gasteiger charge is -1.75. The zero-order valence-corrected chi connectivity index (χ0v) is 4.87. The summed E-state index contributed by atoms with van der Waals surface area (Å²) in [5.74, 6) is 0.315. The Morgan fingerprint density at radius 2 is 2.67 bits per heavy atom. The van der Waals surface area contributed by atoms with Crippen molar-refractivity contribution in [2.24, 2.45) is 5.11 Å². The normalized spacial score (nSPS) is 8.56. The first-order valence-corrected chi connectivity index (χ1v) is 2.39. The maximum atomic E-state index is 7.93. The number of aryl methyl sites for hydroxylation is 1. The molecule has 0 aliphatic heterocycles. The fourth-order valence-electron chi connectivity index (χ4n) is 0.492. The molecule has 0 radical (unpaired) electrons. The summed E-state index contributed by atoms with van der Waals surface area (Å²) in [5, 5.41) is 3.24. The summed E-state index contributed by atoms with van der Waals surface area (Å²) < 4.78 is 0. The average Bonchev–Trinajstić information content (AvgIpc) is 2.17. The lowest BCUT2D eigenvalue weighted by molar-refractivity contribution is 1.20. The Labute approximate surface area is 51.4 Å². The number of nitrogens with zero attached hydrogens (tertiary/aromatic N) is 4. The Bertz CT molecular complexity index is 243. The van der Waals surface area contributed by atoms with Crippen molar-refractivity contribution >= 4 is 5.95 Å². The van der Waals surface area contributed by atoms with E-state index in [4.69, 9.17) is 5.53 Å². The Kier molecular flexibility index (Phi) is 1.38. The molecule has 1 N–H and O–H groups in total. The molecule has 0 fully saturated rings. The number of rotatable bonds is 1. The van der Waals surface area contributed by atoms with E-state index < -0.39 is 0 Å². The molecule has 0 aliphatic rings. The molecule has 0 aromatic carbocycles. The minimum atomic E-state index is 0.315. The molecule has 0 unspecified atom stereocenters. The van der Waals surface area contributed by atoms with Gasteiger partial charge in [0.2, 0.25) is 0 Å². The highest BCUT2D eigenvalue weighted by Gasteiger charge is 1.88. The lowest BCUT2D eigenvalue weighted by Crippen LogP contribution is -1.63. The molecule has 9 heavy (non-hydrogen) atoms. The van der Waals surface area contributed by atoms with Crippen LogP contribution in [0, 0.1) is 6.92 Å². The van der Waals surface area contributed by atoms with Crippen molar-refractivity contribution in [3.63, 3.8) is 0 Å². The van der Waals surface area contributed by atoms with Crippen LogP contribution in [0.4, 0.5) is 5.95 Å². The van der Waals surface area contributed by atoms with Crippen LogP contribution in [-0.2, 0) is 0 Å². The van der Waals surface area contributed by atoms with Crippen LogP contribution in [0.2, 0.25) is 0 Å². The summed E-state index contributed by atoms with van der Waals surface area (Å²) in [6, 6.07) is 0. The van der Waals surface area contributed by atoms with E-state index in [0.29, 0.717) is 5.95 Å². The molecule has 46 valence electrons. The molecule has 1 aromatic rings. The zero-order chi connectivity index (χ0) is 6.69. The first-order chi connectivity index (χ1) is 4.33. The second-order valence-electron chi connectivity index (χ2n) is 1.58. The number of imidazole rings is 1. The van der Waals surface area contributed by atoms with Crippen LogP contribution < -0.4 is 0 Å². The van der Waals surface area contributed by atoms with Gasteiger partial charge in [0.1, 0.15) is 0 Å². The van der Waals surface area contributed by atoms with Gasteiger partial charge in [-0.15, -0.1) is 0 Å². The van der Waals surface area contributed by atoms with Gasteiger partial charge >= 0.3 is 0 Å². The quantitative estimate of drug-likeness (QED) is 0.344. The number of aromatic nitrogens is 2. The van der Waals surface area contributed by atoms with Gasteiger partial charge in [-0.3, -0.25) is 0 Å². The first-order valence-electron chi connectivity index (χ1n) is 2.39. The molecule has 1 rings (SSSR count). The SMILES string of the molecule is Cc1cnc(N=[N+]=[N-])[nH]1. The van der Waals surface area contributed by atoms with Crippen molar-refractivity contribution in [1.29, 1.82) is 0 Å². The Hall–Kier alpha value is -1.48. The Morgan fingerprint density at radius 3 is 3.11 bits per heavy atom. The fourth-order valence-corrected chi connectivity index (χ4v) is 0.492. The van der Waals surface area contributed by atoms with Crippen LogP contribution in [0.15, 0.2) is 11.3 Å². The third kappa shape index (κ3) is 1.20. The Morgan fingerprint density at radius 1 is 1.89 bits per heavy atom. The second-order valence-corrected chi connectivity index (χ2v) is 1.58. The van der Waals surface area contributed by atoms with E-state index in [0.717, 1.165) is 5.69 Å². The number of nitrogens with one attached hydrogen (secondary N) is 1. The van der Waals surface area contributed by atoms with E-state index >= 15 is 0 Å². The number of H-pyrrole nitrogens is 1. The predicted octanol–water partition coefficient (Wildman–Crippen LogP) is 1.66. The summed E-state index contributed by atoms with van der Waals surface area (Å²) in [6.45, 7) is 1.84. The van der Waals surface area contributed by atoms with Crippen LogP contribution in [0.1, 0.15) is 5.69 Å². The highest BCUT2D eigenvalue weighted by Crippen LogP contribution is 2.03. The van der Waals surface area contributed by atoms with Crippen LogP contribution >= 0.6 is 0 Å². The molecule has 0 saturated carbocycles. The molecule has 0 bridgehead atoms. The van der Waals surface area contributed by atoms with Crippen molar-refractivity contribution in [2.75, 3.05) is 0 Å². The third-order valence-corrected chi connectivity index (χ3v) is 0.829. The van der Waals surface area contributed by atoms with Crippen molar-refractivity contribution in [2.45, 2.75) is 6.92 Å². The van der Waals surface area contributed by atoms with E-state index in [9.17, 15) is 0 Å². The second kappa shape index (κ2) is 2.19.